The van der Waals surface area contributed by atoms with E-state index < -0.39 is 6.04 Å². The van der Waals surface area contributed by atoms with E-state index in [1.165, 1.54) is 0 Å². The fourth-order valence-electron chi connectivity index (χ4n) is 1.99. The van der Waals surface area contributed by atoms with Crippen molar-refractivity contribution < 1.29 is 14.6 Å². The molecule has 2 atom stereocenters. The number of hydrogen-bond donors (Lipinski definition) is 3. The lowest BCUT2D eigenvalue weighted by Gasteiger charge is -2.29. The lowest BCUT2D eigenvalue weighted by atomic mass is 10.1. The molecule has 2 rings (SSSR count). The second-order valence-electron chi connectivity index (χ2n) is 4.52. The van der Waals surface area contributed by atoms with Crippen LogP contribution in [0.25, 0.3) is 0 Å². The van der Waals surface area contributed by atoms with Gasteiger partial charge >= 0.3 is 0 Å². The molecule has 1 amide bonds. The molecule has 0 spiro atoms. The number of aromatic hydroxyl groups is 1. The molecule has 0 aliphatic carbocycles. The number of hydrogen-bond acceptors (Lipinski definition) is 4. The predicted octanol–water partition coefficient (Wildman–Crippen LogP) is 1.02. The van der Waals surface area contributed by atoms with E-state index in [2.05, 4.69) is 10.6 Å². The zero-order valence-electron chi connectivity index (χ0n) is 10.6. The van der Waals surface area contributed by atoms with Gasteiger partial charge in [-0.3, -0.25) is 4.79 Å². The normalized spacial score (nSPS) is 23.7. The van der Waals surface area contributed by atoms with Crippen LogP contribution in [0.4, 0.5) is 5.69 Å². The van der Waals surface area contributed by atoms with Crippen molar-refractivity contribution in [2.45, 2.75) is 26.0 Å². The van der Waals surface area contributed by atoms with Crippen molar-refractivity contribution in [1.82, 2.24) is 5.32 Å². The lowest BCUT2D eigenvalue weighted by molar-refractivity contribution is -0.123. The molecular formula is C13H18N2O3. The Balaban J connectivity index is 2.08. The molecule has 1 aromatic rings. The quantitative estimate of drug-likeness (QED) is 0.685. The van der Waals surface area contributed by atoms with Crippen molar-refractivity contribution in [3.8, 4) is 5.75 Å². The van der Waals surface area contributed by atoms with Crippen LogP contribution in [-0.2, 0) is 9.53 Å². The SMILES string of the molecule is Cc1ccc(O)c(NC(=O)[C@H]2NCCO[C@@H]2C)c1. The molecule has 0 unspecified atom stereocenters. The Morgan fingerprint density at radius 1 is 1.56 bits per heavy atom. The molecule has 18 heavy (non-hydrogen) atoms. The van der Waals surface area contributed by atoms with Crippen LogP contribution in [0.15, 0.2) is 18.2 Å². The summed E-state index contributed by atoms with van der Waals surface area (Å²) in [5.41, 5.74) is 1.41. The van der Waals surface area contributed by atoms with Gasteiger partial charge in [-0.15, -0.1) is 0 Å². The van der Waals surface area contributed by atoms with Gasteiger partial charge in [-0.2, -0.15) is 0 Å². The average molecular weight is 250 g/mol. The largest absolute Gasteiger partial charge is 0.506 e. The number of benzene rings is 1. The van der Waals surface area contributed by atoms with Crippen molar-refractivity contribution in [1.29, 1.82) is 0 Å². The maximum atomic E-state index is 12.1. The Bertz CT molecular complexity index is 448. The highest BCUT2D eigenvalue weighted by Crippen LogP contribution is 2.24. The fraction of sp³-hybridized carbons (Fsp3) is 0.462. The van der Waals surface area contributed by atoms with Gasteiger partial charge in [0.05, 0.1) is 18.4 Å². The van der Waals surface area contributed by atoms with Gasteiger partial charge in [-0.25, -0.2) is 0 Å². The molecule has 0 saturated carbocycles. The van der Waals surface area contributed by atoms with Crippen LogP contribution in [0.3, 0.4) is 0 Å². The highest BCUT2D eigenvalue weighted by Gasteiger charge is 2.28. The van der Waals surface area contributed by atoms with E-state index in [0.29, 0.717) is 18.8 Å². The van der Waals surface area contributed by atoms with Crippen molar-refractivity contribution in [3.63, 3.8) is 0 Å². The van der Waals surface area contributed by atoms with Crippen molar-refractivity contribution in [2.24, 2.45) is 0 Å². The summed E-state index contributed by atoms with van der Waals surface area (Å²) in [7, 11) is 0. The number of rotatable bonds is 2. The van der Waals surface area contributed by atoms with Gasteiger partial charge in [0.25, 0.3) is 0 Å². The van der Waals surface area contributed by atoms with Crippen LogP contribution in [0.5, 0.6) is 5.75 Å². The van der Waals surface area contributed by atoms with Gasteiger partial charge in [0.15, 0.2) is 0 Å². The van der Waals surface area contributed by atoms with Crippen LogP contribution in [0, 0.1) is 6.92 Å². The zero-order valence-corrected chi connectivity index (χ0v) is 10.6. The highest BCUT2D eigenvalue weighted by molar-refractivity contribution is 5.96. The molecule has 1 heterocycles. The standard InChI is InChI=1S/C13H18N2O3/c1-8-3-4-11(16)10(7-8)15-13(17)12-9(2)18-6-5-14-12/h3-4,7,9,12,14,16H,5-6H2,1-2H3,(H,15,17)/t9-,12+/m1/s1. The van der Waals surface area contributed by atoms with Gasteiger partial charge in [0.1, 0.15) is 11.8 Å². The predicted molar refractivity (Wildman–Crippen MR) is 68.7 cm³/mol. The molecule has 1 fully saturated rings. The topological polar surface area (TPSA) is 70.6 Å². The summed E-state index contributed by atoms with van der Waals surface area (Å²) in [6.45, 7) is 5.02. The Labute approximate surface area is 106 Å². The Hall–Kier alpha value is -1.59. The summed E-state index contributed by atoms with van der Waals surface area (Å²) in [5, 5.41) is 15.5. The van der Waals surface area contributed by atoms with Crippen molar-refractivity contribution in [3.05, 3.63) is 23.8 Å². The first kappa shape index (κ1) is 12.9. The molecule has 0 bridgehead atoms. The minimum Gasteiger partial charge on any atom is -0.506 e. The smallest absolute Gasteiger partial charge is 0.244 e. The first-order valence-electron chi connectivity index (χ1n) is 6.03. The number of anilines is 1. The average Bonchev–Trinajstić information content (AvgIpc) is 2.34. The number of phenolic OH excluding ortho intramolecular Hbond substituents is 1. The molecule has 98 valence electrons. The second kappa shape index (κ2) is 5.37. The molecule has 5 nitrogen and oxygen atoms in total. The Morgan fingerprint density at radius 2 is 2.33 bits per heavy atom. The van der Waals surface area contributed by atoms with Gasteiger partial charge in [-0.05, 0) is 31.5 Å². The first-order valence-corrected chi connectivity index (χ1v) is 6.03. The number of carbonyl (C=O) groups excluding carboxylic acids is 1. The number of carbonyl (C=O) groups is 1. The number of aryl methyl sites for hydroxylation is 1. The van der Waals surface area contributed by atoms with Crippen molar-refractivity contribution >= 4 is 11.6 Å². The molecular weight excluding hydrogens is 232 g/mol. The van der Waals surface area contributed by atoms with E-state index in [1.54, 1.807) is 18.2 Å². The van der Waals surface area contributed by atoms with Crippen LogP contribution in [-0.4, -0.2) is 36.3 Å². The number of amides is 1. The molecule has 1 aliphatic heterocycles. The number of morpholine rings is 1. The monoisotopic (exact) mass is 250 g/mol. The van der Waals surface area contributed by atoms with E-state index in [1.807, 2.05) is 13.8 Å². The molecule has 0 radical (unpaired) electrons. The van der Waals surface area contributed by atoms with Crippen LogP contribution < -0.4 is 10.6 Å². The number of phenols is 1. The summed E-state index contributed by atoms with van der Waals surface area (Å²) in [6, 6.07) is 4.70. The summed E-state index contributed by atoms with van der Waals surface area (Å²) >= 11 is 0. The van der Waals surface area contributed by atoms with Crippen LogP contribution in [0.1, 0.15) is 12.5 Å². The molecule has 1 aromatic carbocycles. The van der Waals surface area contributed by atoms with E-state index in [9.17, 15) is 9.90 Å². The summed E-state index contributed by atoms with van der Waals surface area (Å²) in [4.78, 5) is 12.1. The van der Waals surface area contributed by atoms with Crippen LogP contribution in [0.2, 0.25) is 0 Å². The lowest BCUT2D eigenvalue weighted by Crippen LogP contribution is -2.53. The third-order valence-corrected chi connectivity index (χ3v) is 3.01. The minimum atomic E-state index is -0.390. The third-order valence-electron chi connectivity index (χ3n) is 3.01. The zero-order chi connectivity index (χ0) is 13.1. The maximum Gasteiger partial charge on any atom is 0.244 e. The van der Waals surface area contributed by atoms with E-state index >= 15 is 0 Å². The van der Waals surface area contributed by atoms with E-state index in [-0.39, 0.29) is 17.8 Å². The highest BCUT2D eigenvalue weighted by atomic mass is 16.5. The summed E-state index contributed by atoms with van der Waals surface area (Å²) in [6.07, 6.45) is -0.175. The Kier molecular flexibility index (Phi) is 3.84. The first-order chi connectivity index (χ1) is 8.58. The molecule has 3 N–H and O–H groups in total. The fourth-order valence-corrected chi connectivity index (χ4v) is 1.99. The van der Waals surface area contributed by atoms with Gasteiger partial charge in [0.2, 0.25) is 5.91 Å². The summed E-state index contributed by atoms with van der Waals surface area (Å²) in [5.74, 6) is -0.124. The second-order valence-corrected chi connectivity index (χ2v) is 4.52. The molecule has 1 aliphatic rings. The van der Waals surface area contributed by atoms with E-state index in [0.717, 1.165) is 5.56 Å². The number of ether oxygens (including phenoxy) is 1. The molecule has 5 heteroatoms. The molecule has 1 saturated heterocycles. The number of nitrogens with one attached hydrogen (secondary N) is 2. The minimum absolute atomic E-state index is 0.0679. The van der Waals surface area contributed by atoms with Crippen LogP contribution >= 0.6 is 0 Å². The van der Waals surface area contributed by atoms with E-state index in [4.69, 9.17) is 4.74 Å². The van der Waals surface area contributed by atoms with Gasteiger partial charge in [-0.1, -0.05) is 6.07 Å². The van der Waals surface area contributed by atoms with Gasteiger partial charge in [0, 0.05) is 6.54 Å². The Morgan fingerprint density at radius 3 is 3.06 bits per heavy atom. The van der Waals surface area contributed by atoms with Gasteiger partial charge < -0.3 is 20.5 Å². The summed E-state index contributed by atoms with van der Waals surface area (Å²) < 4.78 is 5.42. The maximum absolute atomic E-state index is 12.1. The third kappa shape index (κ3) is 2.80. The molecule has 0 aromatic heterocycles. The van der Waals surface area contributed by atoms with Crippen molar-refractivity contribution in [2.75, 3.05) is 18.5 Å².